The highest BCUT2D eigenvalue weighted by Gasteiger charge is 1.89. The third kappa shape index (κ3) is 5.09. The smallest absolute Gasteiger partial charge is 0.216 e. The SMILES string of the molecule is CC(=O)NCCC#Cc1cccc(Cl)c1. The number of carbonyl (C=O) groups excluding carboxylic acids is 1. The lowest BCUT2D eigenvalue weighted by atomic mass is 10.2. The Balaban J connectivity index is 2.41. The van der Waals surface area contributed by atoms with Crippen LogP contribution in [0.1, 0.15) is 18.9 Å². The molecule has 1 N–H and O–H groups in total. The Morgan fingerprint density at radius 2 is 2.33 bits per heavy atom. The molecule has 1 rings (SSSR count). The number of rotatable bonds is 2. The van der Waals surface area contributed by atoms with E-state index in [4.69, 9.17) is 11.6 Å². The van der Waals surface area contributed by atoms with Gasteiger partial charge in [0.1, 0.15) is 0 Å². The Kier molecular flexibility index (Phi) is 4.73. The second kappa shape index (κ2) is 6.10. The first kappa shape index (κ1) is 11.6. The van der Waals surface area contributed by atoms with E-state index < -0.39 is 0 Å². The third-order valence-corrected chi connectivity index (χ3v) is 1.92. The van der Waals surface area contributed by atoms with Crippen LogP contribution in [0.3, 0.4) is 0 Å². The van der Waals surface area contributed by atoms with Gasteiger partial charge in [0.2, 0.25) is 5.91 Å². The monoisotopic (exact) mass is 221 g/mol. The number of hydrogen-bond acceptors (Lipinski definition) is 1. The van der Waals surface area contributed by atoms with Crippen molar-refractivity contribution in [1.82, 2.24) is 5.32 Å². The molecule has 0 fully saturated rings. The predicted octanol–water partition coefficient (Wildman–Crippen LogP) is 2.22. The number of amides is 1. The Morgan fingerprint density at radius 3 is 3.00 bits per heavy atom. The van der Waals surface area contributed by atoms with Crippen LogP contribution in [-0.2, 0) is 4.79 Å². The molecule has 1 amide bonds. The molecule has 0 bridgehead atoms. The highest BCUT2D eigenvalue weighted by molar-refractivity contribution is 6.30. The van der Waals surface area contributed by atoms with Gasteiger partial charge < -0.3 is 5.32 Å². The quantitative estimate of drug-likeness (QED) is 0.602. The minimum atomic E-state index is -0.0282. The Hall–Kier alpha value is -1.46. The molecular weight excluding hydrogens is 210 g/mol. The molecule has 0 atom stereocenters. The van der Waals surface area contributed by atoms with Gasteiger partial charge in [0.15, 0.2) is 0 Å². The molecule has 0 heterocycles. The van der Waals surface area contributed by atoms with Crippen LogP contribution in [-0.4, -0.2) is 12.5 Å². The average Bonchev–Trinajstić information content (AvgIpc) is 2.17. The molecule has 2 nitrogen and oxygen atoms in total. The van der Waals surface area contributed by atoms with E-state index in [-0.39, 0.29) is 5.91 Å². The van der Waals surface area contributed by atoms with E-state index in [2.05, 4.69) is 17.2 Å². The zero-order chi connectivity index (χ0) is 11.1. The van der Waals surface area contributed by atoms with Gasteiger partial charge in [-0.15, -0.1) is 0 Å². The molecule has 15 heavy (non-hydrogen) atoms. The van der Waals surface area contributed by atoms with Crippen molar-refractivity contribution in [1.29, 1.82) is 0 Å². The maximum Gasteiger partial charge on any atom is 0.216 e. The van der Waals surface area contributed by atoms with Crippen molar-refractivity contribution >= 4 is 17.5 Å². The van der Waals surface area contributed by atoms with Crippen LogP contribution < -0.4 is 5.32 Å². The molecule has 78 valence electrons. The molecule has 1 aromatic carbocycles. The van der Waals surface area contributed by atoms with Crippen LogP contribution in [0.5, 0.6) is 0 Å². The summed E-state index contributed by atoms with van der Waals surface area (Å²) in [4.78, 5) is 10.5. The third-order valence-electron chi connectivity index (χ3n) is 1.68. The lowest BCUT2D eigenvalue weighted by Crippen LogP contribution is -2.20. The fourth-order valence-electron chi connectivity index (χ4n) is 1.03. The maximum absolute atomic E-state index is 10.5. The highest BCUT2D eigenvalue weighted by atomic mass is 35.5. The Labute approximate surface area is 94.6 Å². The van der Waals surface area contributed by atoms with Gasteiger partial charge in [-0.3, -0.25) is 4.79 Å². The molecule has 0 spiro atoms. The van der Waals surface area contributed by atoms with Gasteiger partial charge in [-0.2, -0.15) is 0 Å². The van der Waals surface area contributed by atoms with Crippen molar-refractivity contribution < 1.29 is 4.79 Å². The molecule has 0 aliphatic carbocycles. The van der Waals surface area contributed by atoms with E-state index >= 15 is 0 Å². The van der Waals surface area contributed by atoms with E-state index in [1.54, 1.807) is 0 Å². The summed E-state index contributed by atoms with van der Waals surface area (Å²) in [6.45, 7) is 2.08. The largest absolute Gasteiger partial charge is 0.355 e. The molecule has 0 aliphatic rings. The number of benzene rings is 1. The van der Waals surface area contributed by atoms with E-state index in [1.807, 2.05) is 24.3 Å². The highest BCUT2D eigenvalue weighted by Crippen LogP contribution is 2.09. The predicted molar refractivity (Wildman–Crippen MR) is 61.6 cm³/mol. The maximum atomic E-state index is 10.5. The van der Waals surface area contributed by atoms with E-state index in [1.165, 1.54) is 6.92 Å². The van der Waals surface area contributed by atoms with Crippen LogP contribution in [0.2, 0.25) is 5.02 Å². The number of carbonyl (C=O) groups is 1. The average molecular weight is 222 g/mol. The standard InChI is InChI=1S/C12H12ClNO/c1-10(15)14-8-3-2-5-11-6-4-7-12(13)9-11/h4,6-7,9H,3,8H2,1H3,(H,14,15). The fraction of sp³-hybridized carbons (Fsp3) is 0.250. The summed E-state index contributed by atoms with van der Waals surface area (Å²) in [5.41, 5.74) is 0.894. The first-order valence-electron chi connectivity index (χ1n) is 4.67. The molecule has 0 aromatic heterocycles. The summed E-state index contributed by atoms with van der Waals surface area (Å²) in [6.07, 6.45) is 0.645. The molecular formula is C12H12ClNO. The van der Waals surface area contributed by atoms with Crippen LogP contribution >= 0.6 is 11.6 Å². The first-order valence-corrected chi connectivity index (χ1v) is 5.05. The molecule has 0 saturated carbocycles. The zero-order valence-corrected chi connectivity index (χ0v) is 9.27. The zero-order valence-electron chi connectivity index (χ0n) is 8.51. The second-order valence-electron chi connectivity index (χ2n) is 3.05. The minimum Gasteiger partial charge on any atom is -0.355 e. The van der Waals surface area contributed by atoms with Gasteiger partial charge in [-0.05, 0) is 18.2 Å². The molecule has 1 aromatic rings. The van der Waals surface area contributed by atoms with Crippen LogP contribution in [0, 0.1) is 11.8 Å². The van der Waals surface area contributed by atoms with Crippen molar-refractivity contribution in [3.05, 3.63) is 34.9 Å². The van der Waals surface area contributed by atoms with Gasteiger partial charge in [-0.1, -0.05) is 29.5 Å². The molecule has 3 heteroatoms. The van der Waals surface area contributed by atoms with E-state index in [0.717, 1.165) is 5.56 Å². The van der Waals surface area contributed by atoms with E-state index in [0.29, 0.717) is 18.0 Å². The van der Waals surface area contributed by atoms with Crippen molar-refractivity contribution in [3.63, 3.8) is 0 Å². The summed E-state index contributed by atoms with van der Waals surface area (Å²) in [5.74, 6) is 5.91. The van der Waals surface area contributed by atoms with Gasteiger partial charge in [0.05, 0.1) is 0 Å². The van der Waals surface area contributed by atoms with Crippen LogP contribution in [0.15, 0.2) is 24.3 Å². The molecule has 0 saturated heterocycles. The molecule has 0 unspecified atom stereocenters. The number of hydrogen-bond donors (Lipinski definition) is 1. The second-order valence-corrected chi connectivity index (χ2v) is 3.48. The summed E-state index contributed by atoms with van der Waals surface area (Å²) in [5, 5.41) is 3.36. The van der Waals surface area contributed by atoms with Crippen molar-refractivity contribution in [2.45, 2.75) is 13.3 Å². The molecule has 0 radical (unpaired) electrons. The van der Waals surface area contributed by atoms with Gasteiger partial charge in [0, 0.05) is 30.5 Å². The van der Waals surface area contributed by atoms with Crippen LogP contribution in [0.4, 0.5) is 0 Å². The fourth-order valence-corrected chi connectivity index (χ4v) is 1.22. The number of halogens is 1. The molecule has 0 aliphatic heterocycles. The Bertz CT molecular complexity index is 404. The summed E-state index contributed by atoms with van der Waals surface area (Å²) >= 11 is 5.80. The van der Waals surface area contributed by atoms with Crippen molar-refractivity contribution in [2.75, 3.05) is 6.54 Å². The topological polar surface area (TPSA) is 29.1 Å². The van der Waals surface area contributed by atoms with Gasteiger partial charge in [-0.25, -0.2) is 0 Å². The van der Waals surface area contributed by atoms with Crippen molar-refractivity contribution in [2.24, 2.45) is 0 Å². The van der Waals surface area contributed by atoms with Gasteiger partial charge >= 0.3 is 0 Å². The van der Waals surface area contributed by atoms with Gasteiger partial charge in [0.25, 0.3) is 0 Å². The normalized spacial score (nSPS) is 8.93. The van der Waals surface area contributed by atoms with E-state index in [9.17, 15) is 4.79 Å². The first-order chi connectivity index (χ1) is 7.18. The summed E-state index contributed by atoms with van der Waals surface area (Å²) < 4.78 is 0. The minimum absolute atomic E-state index is 0.0282. The summed E-state index contributed by atoms with van der Waals surface area (Å²) in [7, 11) is 0. The summed E-state index contributed by atoms with van der Waals surface area (Å²) in [6, 6.07) is 7.38. The lowest BCUT2D eigenvalue weighted by molar-refractivity contribution is -0.118. The Morgan fingerprint density at radius 1 is 1.53 bits per heavy atom. The van der Waals surface area contributed by atoms with Crippen molar-refractivity contribution in [3.8, 4) is 11.8 Å². The number of nitrogens with one attached hydrogen (secondary N) is 1. The lowest BCUT2D eigenvalue weighted by Gasteiger charge is -1.95. The van der Waals surface area contributed by atoms with Crippen LogP contribution in [0.25, 0.3) is 0 Å².